The average Bonchev–Trinajstić information content (AvgIpc) is 2.38. The van der Waals surface area contributed by atoms with Gasteiger partial charge in [0.1, 0.15) is 0 Å². The van der Waals surface area contributed by atoms with E-state index in [0.29, 0.717) is 11.5 Å². The van der Waals surface area contributed by atoms with Gasteiger partial charge in [0.25, 0.3) is 0 Å². The molecule has 2 rings (SSSR count). The summed E-state index contributed by atoms with van der Waals surface area (Å²) in [6, 6.07) is 5.65. The molecule has 0 radical (unpaired) electrons. The molecule has 1 N–H and O–H groups in total. The summed E-state index contributed by atoms with van der Waals surface area (Å²) >= 11 is 0. The third-order valence-corrected chi connectivity index (χ3v) is 3.10. The van der Waals surface area contributed by atoms with Gasteiger partial charge in [-0.15, -0.1) is 0 Å². The van der Waals surface area contributed by atoms with Gasteiger partial charge in [-0.05, 0) is 30.5 Å². The minimum absolute atomic E-state index is 0.0662. The summed E-state index contributed by atoms with van der Waals surface area (Å²) in [4.78, 5) is 11.8. The predicted molar refractivity (Wildman–Crippen MR) is 64.5 cm³/mol. The third-order valence-electron chi connectivity index (χ3n) is 3.10. The predicted octanol–water partition coefficient (Wildman–Crippen LogP) is 1.70. The second-order valence-electron chi connectivity index (χ2n) is 4.10. The van der Waals surface area contributed by atoms with Gasteiger partial charge in [0, 0.05) is 6.54 Å². The van der Waals surface area contributed by atoms with E-state index in [1.165, 1.54) is 0 Å². The Balaban J connectivity index is 2.29. The van der Waals surface area contributed by atoms with Crippen molar-refractivity contribution in [1.82, 2.24) is 5.32 Å². The molecule has 1 aromatic rings. The highest BCUT2D eigenvalue weighted by Crippen LogP contribution is 2.33. The fraction of sp³-hybridized carbons (Fsp3) is 0.462. The first-order chi connectivity index (χ1) is 8.26. The van der Waals surface area contributed by atoms with Crippen molar-refractivity contribution in [3.8, 4) is 11.5 Å². The first kappa shape index (κ1) is 11.8. The van der Waals surface area contributed by atoms with Crippen LogP contribution in [0.2, 0.25) is 0 Å². The summed E-state index contributed by atoms with van der Waals surface area (Å²) in [6.45, 7) is 0.780. The van der Waals surface area contributed by atoms with Crippen LogP contribution < -0.4 is 14.8 Å². The second kappa shape index (κ2) is 5.08. The summed E-state index contributed by atoms with van der Waals surface area (Å²) in [5, 5.41) is 2.89. The lowest BCUT2D eigenvalue weighted by atomic mass is 9.90. The van der Waals surface area contributed by atoms with E-state index in [-0.39, 0.29) is 11.8 Å². The number of ether oxygens (including phenoxy) is 2. The number of rotatable bonds is 3. The number of hydrogen-bond acceptors (Lipinski definition) is 3. The number of amides is 1. The molecule has 4 heteroatoms. The molecule has 1 aliphatic heterocycles. The van der Waals surface area contributed by atoms with E-state index in [2.05, 4.69) is 5.32 Å². The maximum Gasteiger partial charge on any atom is 0.227 e. The Morgan fingerprint density at radius 1 is 1.24 bits per heavy atom. The number of carbonyl (C=O) groups excluding carboxylic acids is 1. The van der Waals surface area contributed by atoms with E-state index in [9.17, 15) is 4.79 Å². The Labute approximate surface area is 101 Å². The zero-order valence-corrected chi connectivity index (χ0v) is 10.2. The zero-order valence-electron chi connectivity index (χ0n) is 10.2. The minimum atomic E-state index is -0.0662. The molecule has 1 amide bonds. The van der Waals surface area contributed by atoms with Gasteiger partial charge in [-0.25, -0.2) is 0 Å². The van der Waals surface area contributed by atoms with Crippen LogP contribution in [0.4, 0.5) is 0 Å². The molecule has 1 aliphatic rings. The Bertz CT molecular complexity index is 417. The topological polar surface area (TPSA) is 47.6 Å². The van der Waals surface area contributed by atoms with Crippen LogP contribution in [0.15, 0.2) is 18.2 Å². The number of carbonyl (C=O) groups is 1. The molecule has 0 bridgehead atoms. The molecule has 17 heavy (non-hydrogen) atoms. The van der Waals surface area contributed by atoms with Crippen molar-refractivity contribution in [1.29, 1.82) is 0 Å². The fourth-order valence-corrected chi connectivity index (χ4v) is 2.16. The number of benzene rings is 1. The largest absolute Gasteiger partial charge is 0.493 e. The van der Waals surface area contributed by atoms with Crippen LogP contribution in [0.1, 0.15) is 24.3 Å². The maximum atomic E-state index is 11.8. The van der Waals surface area contributed by atoms with Gasteiger partial charge < -0.3 is 14.8 Å². The molecule has 4 nitrogen and oxygen atoms in total. The first-order valence-corrected chi connectivity index (χ1v) is 5.76. The third kappa shape index (κ3) is 2.35. The maximum absolute atomic E-state index is 11.8. The smallest absolute Gasteiger partial charge is 0.227 e. The normalized spacial score (nSPS) is 19.6. The Morgan fingerprint density at radius 2 is 2.00 bits per heavy atom. The minimum Gasteiger partial charge on any atom is -0.493 e. The van der Waals surface area contributed by atoms with Crippen molar-refractivity contribution in [2.75, 3.05) is 20.8 Å². The molecular weight excluding hydrogens is 218 g/mol. The van der Waals surface area contributed by atoms with Gasteiger partial charge in [0.05, 0.1) is 20.1 Å². The molecule has 92 valence electrons. The lowest BCUT2D eigenvalue weighted by Gasteiger charge is -2.22. The summed E-state index contributed by atoms with van der Waals surface area (Å²) in [5.41, 5.74) is 0.986. The van der Waals surface area contributed by atoms with Crippen molar-refractivity contribution in [2.24, 2.45) is 0 Å². The van der Waals surface area contributed by atoms with Gasteiger partial charge >= 0.3 is 0 Å². The molecule has 0 aromatic heterocycles. The number of piperidine rings is 1. The van der Waals surface area contributed by atoms with Gasteiger partial charge in [-0.3, -0.25) is 4.79 Å². The van der Waals surface area contributed by atoms with Gasteiger partial charge in [-0.1, -0.05) is 6.07 Å². The molecule has 1 heterocycles. The summed E-state index contributed by atoms with van der Waals surface area (Å²) in [7, 11) is 3.20. The molecule has 0 saturated carbocycles. The highest BCUT2D eigenvalue weighted by Gasteiger charge is 2.24. The van der Waals surface area contributed by atoms with Gasteiger partial charge in [-0.2, -0.15) is 0 Å². The number of methoxy groups -OCH3 is 2. The number of hydrogen-bond donors (Lipinski definition) is 1. The van der Waals surface area contributed by atoms with Crippen LogP contribution in [0.5, 0.6) is 11.5 Å². The van der Waals surface area contributed by atoms with E-state index in [0.717, 1.165) is 24.9 Å². The number of nitrogens with one attached hydrogen (secondary N) is 1. The molecule has 1 saturated heterocycles. The SMILES string of the molecule is COc1ccc([C@@H]2CCCNC2=O)cc1OC. The molecule has 0 unspecified atom stereocenters. The van der Waals surface area contributed by atoms with Gasteiger partial charge in [0.15, 0.2) is 11.5 Å². The van der Waals surface area contributed by atoms with Crippen LogP contribution in [0, 0.1) is 0 Å². The summed E-state index contributed by atoms with van der Waals surface area (Å²) in [6.07, 6.45) is 1.91. The highest BCUT2D eigenvalue weighted by atomic mass is 16.5. The van der Waals surface area contributed by atoms with E-state index < -0.39 is 0 Å². The van der Waals surface area contributed by atoms with Crippen LogP contribution in [0.3, 0.4) is 0 Å². The monoisotopic (exact) mass is 235 g/mol. The van der Waals surface area contributed by atoms with E-state index in [1.54, 1.807) is 14.2 Å². The lowest BCUT2D eigenvalue weighted by Crippen LogP contribution is -2.35. The van der Waals surface area contributed by atoms with Crippen molar-refractivity contribution >= 4 is 5.91 Å². The zero-order chi connectivity index (χ0) is 12.3. The summed E-state index contributed by atoms with van der Waals surface area (Å²) in [5.74, 6) is 1.39. The van der Waals surface area contributed by atoms with Crippen molar-refractivity contribution in [3.63, 3.8) is 0 Å². The van der Waals surface area contributed by atoms with Crippen molar-refractivity contribution in [3.05, 3.63) is 23.8 Å². The fourth-order valence-electron chi connectivity index (χ4n) is 2.16. The van der Waals surface area contributed by atoms with Crippen LogP contribution in [-0.2, 0) is 4.79 Å². The van der Waals surface area contributed by atoms with E-state index in [1.807, 2.05) is 18.2 Å². The molecule has 0 aliphatic carbocycles. The molecule has 1 atom stereocenters. The summed E-state index contributed by atoms with van der Waals surface area (Å²) < 4.78 is 10.4. The van der Waals surface area contributed by atoms with Gasteiger partial charge in [0.2, 0.25) is 5.91 Å². The highest BCUT2D eigenvalue weighted by molar-refractivity contribution is 5.84. The first-order valence-electron chi connectivity index (χ1n) is 5.76. The van der Waals surface area contributed by atoms with Crippen LogP contribution >= 0.6 is 0 Å². The van der Waals surface area contributed by atoms with E-state index in [4.69, 9.17) is 9.47 Å². The van der Waals surface area contributed by atoms with E-state index >= 15 is 0 Å². The van der Waals surface area contributed by atoms with Crippen molar-refractivity contribution in [2.45, 2.75) is 18.8 Å². The Morgan fingerprint density at radius 3 is 2.65 bits per heavy atom. The Kier molecular flexibility index (Phi) is 3.52. The average molecular weight is 235 g/mol. The second-order valence-corrected chi connectivity index (χ2v) is 4.10. The quantitative estimate of drug-likeness (QED) is 0.867. The molecule has 1 aromatic carbocycles. The Hall–Kier alpha value is -1.71. The lowest BCUT2D eigenvalue weighted by molar-refractivity contribution is -0.123. The van der Waals surface area contributed by atoms with Crippen LogP contribution in [-0.4, -0.2) is 26.7 Å². The molecule has 1 fully saturated rings. The van der Waals surface area contributed by atoms with Crippen molar-refractivity contribution < 1.29 is 14.3 Å². The van der Waals surface area contributed by atoms with Crippen LogP contribution in [0.25, 0.3) is 0 Å². The standard InChI is InChI=1S/C13H17NO3/c1-16-11-6-5-9(8-12(11)17-2)10-4-3-7-14-13(10)15/h5-6,8,10H,3-4,7H2,1-2H3,(H,14,15)/t10-/m0/s1. The molecule has 0 spiro atoms. The molecular formula is C13H17NO3.